The number of benzene rings is 1. The fourth-order valence-corrected chi connectivity index (χ4v) is 3.41. The first-order valence-electron chi connectivity index (χ1n) is 7.12. The van der Waals surface area contributed by atoms with E-state index in [1.165, 1.54) is 16.2 Å². The van der Waals surface area contributed by atoms with Crippen LogP contribution in [0.4, 0.5) is 5.13 Å². The van der Waals surface area contributed by atoms with Gasteiger partial charge in [0.25, 0.3) is 5.91 Å². The molecule has 0 bridgehead atoms. The Morgan fingerprint density at radius 3 is 3.05 bits per heavy atom. The zero-order valence-corrected chi connectivity index (χ0v) is 12.9. The van der Waals surface area contributed by atoms with Crippen LogP contribution in [-0.2, 0) is 17.6 Å². The van der Waals surface area contributed by atoms with Crippen LogP contribution in [0.15, 0.2) is 24.3 Å². The average Bonchev–Trinajstić information content (AvgIpc) is 3.08. The Morgan fingerprint density at radius 1 is 1.45 bits per heavy atom. The molecule has 0 saturated heterocycles. The van der Waals surface area contributed by atoms with Crippen molar-refractivity contribution in [1.82, 2.24) is 4.98 Å². The summed E-state index contributed by atoms with van der Waals surface area (Å²) in [5, 5.41) is 12.4. The number of anilines is 1. The minimum absolute atomic E-state index is 0.264. The lowest BCUT2D eigenvalue weighted by atomic mass is 10.2. The summed E-state index contributed by atoms with van der Waals surface area (Å²) >= 11 is 1.53. The number of para-hydroxylation sites is 1. The van der Waals surface area contributed by atoms with E-state index < -0.39 is 6.10 Å². The highest BCUT2D eigenvalue weighted by atomic mass is 32.1. The normalized spacial score (nSPS) is 14.0. The SMILES string of the molecule is C[C@@H](Oc1ccccc1C#N)C(=O)Nc1nc2c(s1)CCC2. The number of fused-ring (bicyclic) bond motifs is 1. The topological polar surface area (TPSA) is 75.0 Å². The number of aromatic nitrogens is 1. The van der Waals surface area contributed by atoms with Crippen LogP contribution in [0.25, 0.3) is 0 Å². The van der Waals surface area contributed by atoms with Crippen LogP contribution in [0.1, 0.15) is 29.5 Å². The maximum absolute atomic E-state index is 12.2. The van der Waals surface area contributed by atoms with E-state index in [9.17, 15) is 4.79 Å². The number of amides is 1. The Morgan fingerprint density at radius 2 is 2.27 bits per heavy atom. The molecule has 2 aromatic rings. The maximum atomic E-state index is 12.2. The van der Waals surface area contributed by atoms with E-state index in [-0.39, 0.29) is 5.91 Å². The van der Waals surface area contributed by atoms with E-state index in [0.717, 1.165) is 25.0 Å². The molecule has 0 unspecified atom stereocenters. The second-order valence-electron chi connectivity index (χ2n) is 5.10. The van der Waals surface area contributed by atoms with Gasteiger partial charge in [-0.05, 0) is 38.3 Å². The van der Waals surface area contributed by atoms with Crippen molar-refractivity contribution >= 4 is 22.4 Å². The number of thiazole rings is 1. The molecule has 0 fully saturated rings. The van der Waals surface area contributed by atoms with Crippen LogP contribution < -0.4 is 10.1 Å². The van der Waals surface area contributed by atoms with Crippen LogP contribution in [0.3, 0.4) is 0 Å². The Hall–Kier alpha value is -2.39. The van der Waals surface area contributed by atoms with Crippen LogP contribution in [0.5, 0.6) is 5.75 Å². The van der Waals surface area contributed by atoms with Crippen molar-refractivity contribution in [2.75, 3.05) is 5.32 Å². The summed E-state index contributed by atoms with van der Waals surface area (Å²) in [6, 6.07) is 8.91. The smallest absolute Gasteiger partial charge is 0.266 e. The van der Waals surface area contributed by atoms with Crippen molar-refractivity contribution < 1.29 is 9.53 Å². The van der Waals surface area contributed by atoms with Gasteiger partial charge in [0.15, 0.2) is 11.2 Å². The van der Waals surface area contributed by atoms with Crippen LogP contribution in [0, 0.1) is 11.3 Å². The molecule has 1 aromatic heterocycles. The fourth-order valence-electron chi connectivity index (χ4n) is 2.36. The minimum Gasteiger partial charge on any atom is -0.480 e. The lowest BCUT2D eigenvalue weighted by Gasteiger charge is -2.14. The molecule has 0 spiro atoms. The van der Waals surface area contributed by atoms with Crippen LogP contribution in [-0.4, -0.2) is 17.0 Å². The van der Waals surface area contributed by atoms with Gasteiger partial charge in [0.05, 0.1) is 11.3 Å². The number of hydrogen-bond acceptors (Lipinski definition) is 5. The fraction of sp³-hybridized carbons (Fsp3) is 0.312. The highest BCUT2D eigenvalue weighted by molar-refractivity contribution is 7.15. The lowest BCUT2D eigenvalue weighted by Crippen LogP contribution is -2.30. The first-order chi connectivity index (χ1) is 10.7. The quantitative estimate of drug-likeness (QED) is 0.941. The van der Waals surface area contributed by atoms with Gasteiger partial charge in [0.1, 0.15) is 11.8 Å². The highest BCUT2D eigenvalue weighted by Crippen LogP contribution is 2.30. The number of hydrogen-bond donors (Lipinski definition) is 1. The van der Waals surface area contributed by atoms with Crippen molar-refractivity contribution in [3.05, 3.63) is 40.4 Å². The average molecular weight is 313 g/mol. The van der Waals surface area contributed by atoms with Gasteiger partial charge in [0, 0.05) is 4.88 Å². The van der Waals surface area contributed by atoms with Crippen molar-refractivity contribution in [3.63, 3.8) is 0 Å². The lowest BCUT2D eigenvalue weighted by molar-refractivity contribution is -0.122. The van der Waals surface area contributed by atoms with Gasteiger partial charge in [-0.15, -0.1) is 11.3 Å². The van der Waals surface area contributed by atoms with Crippen LogP contribution >= 0.6 is 11.3 Å². The molecule has 1 atom stereocenters. The number of nitrogens with zero attached hydrogens (tertiary/aromatic N) is 2. The molecule has 22 heavy (non-hydrogen) atoms. The second-order valence-corrected chi connectivity index (χ2v) is 6.18. The van der Waals surface area contributed by atoms with Gasteiger partial charge >= 0.3 is 0 Å². The number of rotatable bonds is 4. The van der Waals surface area contributed by atoms with E-state index in [1.807, 2.05) is 6.07 Å². The van der Waals surface area contributed by atoms with Crippen molar-refractivity contribution in [3.8, 4) is 11.8 Å². The second kappa shape index (κ2) is 6.16. The first-order valence-corrected chi connectivity index (χ1v) is 7.94. The summed E-state index contributed by atoms with van der Waals surface area (Å²) in [7, 11) is 0. The molecule has 1 amide bonds. The number of aryl methyl sites for hydroxylation is 2. The number of nitrogens with one attached hydrogen (secondary N) is 1. The first kappa shape index (κ1) is 14.5. The van der Waals surface area contributed by atoms with Crippen molar-refractivity contribution in [2.45, 2.75) is 32.3 Å². The monoisotopic (exact) mass is 313 g/mol. The van der Waals surface area contributed by atoms with Gasteiger partial charge in [-0.25, -0.2) is 4.98 Å². The van der Waals surface area contributed by atoms with E-state index in [0.29, 0.717) is 16.4 Å². The molecule has 3 rings (SSSR count). The summed E-state index contributed by atoms with van der Waals surface area (Å²) < 4.78 is 5.59. The molecule has 1 aromatic carbocycles. The molecule has 0 saturated carbocycles. The molecule has 1 aliphatic carbocycles. The minimum atomic E-state index is -0.701. The van der Waals surface area contributed by atoms with Gasteiger partial charge < -0.3 is 4.74 Å². The highest BCUT2D eigenvalue weighted by Gasteiger charge is 2.21. The summed E-state index contributed by atoms with van der Waals surface area (Å²) in [5.74, 6) is 0.148. The maximum Gasteiger partial charge on any atom is 0.266 e. The third-order valence-electron chi connectivity index (χ3n) is 3.51. The van der Waals surface area contributed by atoms with E-state index >= 15 is 0 Å². The summed E-state index contributed by atoms with van der Waals surface area (Å²) in [6.07, 6.45) is 2.48. The Kier molecular flexibility index (Phi) is 4.07. The van der Waals surface area contributed by atoms with Gasteiger partial charge in [-0.3, -0.25) is 10.1 Å². The predicted molar refractivity (Wildman–Crippen MR) is 84.0 cm³/mol. The molecule has 112 valence electrons. The molecule has 0 radical (unpaired) electrons. The zero-order valence-electron chi connectivity index (χ0n) is 12.1. The summed E-state index contributed by atoms with van der Waals surface area (Å²) in [5.41, 5.74) is 1.51. The number of carbonyl (C=O) groups is 1. The molecule has 1 heterocycles. The molecular weight excluding hydrogens is 298 g/mol. The summed E-state index contributed by atoms with van der Waals surface area (Å²) in [6.45, 7) is 1.66. The molecule has 1 aliphatic rings. The van der Waals surface area contributed by atoms with E-state index in [2.05, 4.69) is 10.3 Å². The molecular formula is C16H15N3O2S. The zero-order chi connectivity index (χ0) is 15.5. The van der Waals surface area contributed by atoms with Gasteiger partial charge in [0.2, 0.25) is 0 Å². The molecule has 0 aliphatic heterocycles. The number of nitriles is 1. The Labute approximate surface area is 132 Å². The molecule has 6 heteroatoms. The van der Waals surface area contributed by atoms with Crippen molar-refractivity contribution in [2.24, 2.45) is 0 Å². The third kappa shape index (κ3) is 2.95. The third-order valence-corrected chi connectivity index (χ3v) is 4.58. The predicted octanol–water partition coefficient (Wildman–Crippen LogP) is 2.91. The molecule has 1 N–H and O–H groups in total. The van der Waals surface area contributed by atoms with Crippen LogP contribution in [0.2, 0.25) is 0 Å². The van der Waals surface area contributed by atoms with Crippen molar-refractivity contribution in [1.29, 1.82) is 5.26 Å². The Balaban J connectivity index is 1.65. The van der Waals surface area contributed by atoms with E-state index in [1.54, 1.807) is 31.2 Å². The van der Waals surface area contributed by atoms with Gasteiger partial charge in [-0.1, -0.05) is 12.1 Å². The Bertz CT molecular complexity index is 727. The largest absolute Gasteiger partial charge is 0.480 e. The number of ether oxygens (including phenoxy) is 1. The molecule has 5 nitrogen and oxygen atoms in total. The summed E-state index contributed by atoms with van der Waals surface area (Å²) in [4.78, 5) is 17.9. The standard InChI is InChI=1S/C16H15N3O2S/c1-10(21-13-7-3-2-5-11(13)9-17)15(20)19-16-18-12-6-4-8-14(12)22-16/h2-3,5,7,10H,4,6,8H2,1H3,(H,18,19,20)/t10-/m1/s1. The van der Waals surface area contributed by atoms with Gasteiger partial charge in [-0.2, -0.15) is 5.26 Å². The van der Waals surface area contributed by atoms with E-state index in [4.69, 9.17) is 10.00 Å². The number of carbonyl (C=O) groups excluding carboxylic acids is 1.